The number of thiazole rings is 1. The number of aryl methyl sites for hydroxylation is 1. The van der Waals surface area contributed by atoms with Crippen LogP contribution in [0.3, 0.4) is 0 Å². The predicted molar refractivity (Wildman–Crippen MR) is 53.2 cm³/mol. The van der Waals surface area contributed by atoms with Crippen molar-refractivity contribution in [2.24, 2.45) is 0 Å². The number of hydrogen-bond donors (Lipinski definition) is 0. The van der Waals surface area contributed by atoms with Gasteiger partial charge >= 0.3 is 0 Å². The van der Waals surface area contributed by atoms with Crippen LogP contribution in [-0.2, 0) is 16.3 Å². The van der Waals surface area contributed by atoms with Crippen LogP contribution in [0.5, 0.6) is 0 Å². The van der Waals surface area contributed by atoms with Gasteiger partial charge in [0.1, 0.15) is 9.84 Å². The molecule has 0 bridgehead atoms. The molecule has 0 fully saturated rings. The normalized spacial score (nSPS) is 11.8. The second-order valence-corrected chi connectivity index (χ2v) is 7.19. The number of rotatable bonds is 3. The molecule has 12 heavy (non-hydrogen) atoms. The Balaban J connectivity index is 2.55. The summed E-state index contributed by atoms with van der Waals surface area (Å²) in [5.41, 5.74) is 0. The molecule has 0 unspecified atom stereocenters. The van der Waals surface area contributed by atoms with Crippen LogP contribution in [-0.4, -0.2) is 25.4 Å². The maximum absolute atomic E-state index is 10.8. The van der Waals surface area contributed by atoms with E-state index in [-0.39, 0.29) is 5.75 Å². The maximum Gasteiger partial charge on any atom is 0.147 e. The van der Waals surface area contributed by atoms with Crippen LogP contribution in [0.2, 0.25) is 0 Å². The number of nitrogens with zero attached hydrogens (tertiary/aromatic N) is 1. The molecule has 0 N–H and O–H groups in total. The summed E-state index contributed by atoms with van der Waals surface area (Å²) in [6.07, 6.45) is 3.42. The minimum Gasteiger partial charge on any atom is -0.248 e. The monoisotopic (exact) mass is 269 g/mol. The number of aromatic nitrogens is 1. The molecule has 68 valence electrons. The van der Waals surface area contributed by atoms with Gasteiger partial charge in [0, 0.05) is 12.7 Å². The van der Waals surface area contributed by atoms with E-state index < -0.39 is 9.84 Å². The topological polar surface area (TPSA) is 47.0 Å². The number of halogens is 1. The van der Waals surface area contributed by atoms with Gasteiger partial charge in [-0.3, -0.25) is 0 Å². The fraction of sp³-hybridized carbons (Fsp3) is 0.500. The summed E-state index contributed by atoms with van der Waals surface area (Å²) >= 11 is 4.73. The van der Waals surface area contributed by atoms with Gasteiger partial charge in [-0.25, -0.2) is 13.4 Å². The zero-order valence-electron chi connectivity index (χ0n) is 6.45. The minimum absolute atomic E-state index is 0.174. The van der Waals surface area contributed by atoms with Crippen molar-refractivity contribution in [3.8, 4) is 0 Å². The molecule has 0 radical (unpaired) electrons. The Labute approximate surface area is 83.9 Å². The number of sulfone groups is 1. The molecular formula is C6H8BrNO2S2. The third kappa shape index (κ3) is 3.64. The first-order valence-corrected chi connectivity index (χ1v) is 6.92. The fourth-order valence-corrected chi connectivity index (χ4v) is 2.67. The van der Waals surface area contributed by atoms with Gasteiger partial charge in [-0.2, -0.15) is 0 Å². The van der Waals surface area contributed by atoms with Gasteiger partial charge in [0.15, 0.2) is 0 Å². The fourth-order valence-electron chi connectivity index (χ4n) is 0.676. The molecule has 6 heteroatoms. The highest BCUT2D eigenvalue weighted by atomic mass is 79.9. The average molecular weight is 270 g/mol. The van der Waals surface area contributed by atoms with E-state index in [1.165, 1.54) is 17.6 Å². The highest BCUT2D eigenvalue weighted by molar-refractivity contribution is 9.11. The van der Waals surface area contributed by atoms with E-state index in [2.05, 4.69) is 20.9 Å². The van der Waals surface area contributed by atoms with E-state index >= 15 is 0 Å². The van der Waals surface area contributed by atoms with Crippen molar-refractivity contribution >= 4 is 37.1 Å². The molecule has 0 spiro atoms. The zero-order chi connectivity index (χ0) is 9.19. The molecular weight excluding hydrogens is 262 g/mol. The molecule has 1 aromatic heterocycles. The SMILES string of the molecule is CS(=O)(=O)CCc1ncc(Br)s1. The zero-order valence-corrected chi connectivity index (χ0v) is 9.67. The Bertz CT molecular complexity index is 357. The predicted octanol–water partition coefficient (Wildman–Crippen LogP) is 1.49. The Morgan fingerprint density at radius 1 is 1.67 bits per heavy atom. The smallest absolute Gasteiger partial charge is 0.147 e. The molecule has 1 heterocycles. The second-order valence-electron chi connectivity index (χ2n) is 2.44. The highest BCUT2D eigenvalue weighted by Gasteiger charge is 2.05. The molecule has 1 aromatic rings. The van der Waals surface area contributed by atoms with Crippen LogP contribution >= 0.6 is 27.3 Å². The summed E-state index contributed by atoms with van der Waals surface area (Å²) in [6, 6.07) is 0. The van der Waals surface area contributed by atoms with Crippen LogP contribution in [0.15, 0.2) is 9.98 Å². The Morgan fingerprint density at radius 3 is 2.75 bits per heavy atom. The summed E-state index contributed by atoms with van der Waals surface area (Å²) in [6.45, 7) is 0. The lowest BCUT2D eigenvalue weighted by molar-refractivity contribution is 0.601. The molecule has 0 aliphatic rings. The van der Waals surface area contributed by atoms with Gasteiger partial charge in [0.05, 0.1) is 20.7 Å². The lowest BCUT2D eigenvalue weighted by atomic mass is 10.5. The van der Waals surface area contributed by atoms with Crippen molar-refractivity contribution < 1.29 is 8.42 Å². The first kappa shape index (κ1) is 10.1. The summed E-state index contributed by atoms with van der Waals surface area (Å²) in [7, 11) is -2.86. The van der Waals surface area contributed by atoms with Crippen LogP contribution in [0.25, 0.3) is 0 Å². The van der Waals surface area contributed by atoms with Crippen LogP contribution in [0.4, 0.5) is 0 Å². The standard InChI is InChI=1S/C6H8BrNO2S2/c1-12(9,10)3-2-6-8-4-5(7)11-6/h4H,2-3H2,1H3. The van der Waals surface area contributed by atoms with E-state index in [9.17, 15) is 8.42 Å². The molecule has 0 saturated carbocycles. The van der Waals surface area contributed by atoms with E-state index in [0.717, 1.165) is 8.79 Å². The van der Waals surface area contributed by atoms with Crippen molar-refractivity contribution in [3.63, 3.8) is 0 Å². The average Bonchev–Trinajstić information content (AvgIpc) is 2.30. The van der Waals surface area contributed by atoms with Crippen molar-refractivity contribution in [2.75, 3.05) is 12.0 Å². The van der Waals surface area contributed by atoms with E-state index in [0.29, 0.717) is 6.42 Å². The largest absolute Gasteiger partial charge is 0.248 e. The molecule has 0 amide bonds. The van der Waals surface area contributed by atoms with Gasteiger partial charge < -0.3 is 0 Å². The summed E-state index contributed by atoms with van der Waals surface area (Å²) in [5.74, 6) is 0.174. The highest BCUT2D eigenvalue weighted by Crippen LogP contribution is 2.19. The Hall–Kier alpha value is 0.0600. The maximum atomic E-state index is 10.8. The van der Waals surface area contributed by atoms with Crippen LogP contribution in [0.1, 0.15) is 5.01 Å². The van der Waals surface area contributed by atoms with E-state index in [1.54, 1.807) is 6.20 Å². The van der Waals surface area contributed by atoms with Crippen molar-refractivity contribution in [1.82, 2.24) is 4.98 Å². The quantitative estimate of drug-likeness (QED) is 0.836. The summed E-state index contributed by atoms with van der Waals surface area (Å²) in [5, 5.41) is 0.854. The van der Waals surface area contributed by atoms with Crippen molar-refractivity contribution in [1.29, 1.82) is 0 Å². The Kier molecular flexibility index (Phi) is 3.25. The lowest BCUT2D eigenvalue weighted by Gasteiger charge is -1.92. The molecule has 1 rings (SSSR count). The number of hydrogen-bond acceptors (Lipinski definition) is 4. The van der Waals surface area contributed by atoms with Gasteiger partial charge in [-0.1, -0.05) is 0 Å². The lowest BCUT2D eigenvalue weighted by Crippen LogP contribution is -2.05. The molecule has 0 saturated heterocycles. The first-order chi connectivity index (χ1) is 5.47. The van der Waals surface area contributed by atoms with Crippen LogP contribution in [0, 0.1) is 0 Å². The van der Waals surface area contributed by atoms with Crippen LogP contribution < -0.4 is 0 Å². The van der Waals surface area contributed by atoms with Gasteiger partial charge in [0.25, 0.3) is 0 Å². The summed E-state index contributed by atoms with van der Waals surface area (Å²) in [4.78, 5) is 4.03. The minimum atomic E-state index is -2.86. The molecule has 0 aliphatic heterocycles. The van der Waals surface area contributed by atoms with E-state index in [4.69, 9.17) is 0 Å². The summed E-state index contributed by atoms with van der Waals surface area (Å²) < 4.78 is 22.5. The van der Waals surface area contributed by atoms with Crippen molar-refractivity contribution in [2.45, 2.75) is 6.42 Å². The van der Waals surface area contributed by atoms with Gasteiger partial charge in [-0.15, -0.1) is 11.3 Å². The van der Waals surface area contributed by atoms with E-state index in [1.807, 2.05) is 0 Å². The third-order valence-electron chi connectivity index (χ3n) is 1.21. The van der Waals surface area contributed by atoms with Crippen molar-refractivity contribution in [3.05, 3.63) is 15.0 Å². The molecule has 3 nitrogen and oxygen atoms in total. The van der Waals surface area contributed by atoms with Gasteiger partial charge in [0.2, 0.25) is 0 Å². The molecule has 0 aliphatic carbocycles. The second kappa shape index (κ2) is 3.85. The third-order valence-corrected chi connectivity index (χ3v) is 3.69. The molecule has 0 atom stereocenters. The molecule has 0 aromatic carbocycles. The Morgan fingerprint density at radius 2 is 2.33 bits per heavy atom. The first-order valence-electron chi connectivity index (χ1n) is 3.25. The van der Waals surface area contributed by atoms with Gasteiger partial charge in [-0.05, 0) is 15.9 Å².